The Bertz CT molecular complexity index is 1300. The number of fused-ring (bicyclic) bond motifs is 1. The first-order valence-electron chi connectivity index (χ1n) is 12.5. The van der Waals surface area contributed by atoms with E-state index in [4.69, 9.17) is 5.26 Å². The Labute approximate surface area is 215 Å². The van der Waals surface area contributed by atoms with Crippen LogP contribution >= 0.6 is 0 Å². The van der Waals surface area contributed by atoms with Gasteiger partial charge in [-0.25, -0.2) is 4.39 Å². The zero-order valence-corrected chi connectivity index (χ0v) is 20.7. The summed E-state index contributed by atoms with van der Waals surface area (Å²) in [5.41, 5.74) is 3.91. The highest BCUT2D eigenvalue weighted by atomic mass is 19.1. The monoisotopic (exact) mass is 500 g/mol. The number of amides is 2. The first-order chi connectivity index (χ1) is 17.9. The van der Waals surface area contributed by atoms with Crippen LogP contribution in [0.3, 0.4) is 0 Å². The van der Waals surface area contributed by atoms with Crippen LogP contribution in [0.15, 0.2) is 54.7 Å². The van der Waals surface area contributed by atoms with E-state index in [1.165, 1.54) is 12.1 Å². The summed E-state index contributed by atoms with van der Waals surface area (Å²) in [5, 5.41) is 19.9. The minimum Gasteiger partial charge on any atom is -0.340 e. The SMILES string of the molecule is Cn1cc2c(n1)CN(C(=O)[C@H](CCCN[C@@H]1C[C@H]1c1ccc(F)cc1)NC(=O)c1ccc(C#N)cc1)C2. The highest BCUT2D eigenvalue weighted by Gasteiger charge is 2.38. The van der Waals surface area contributed by atoms with Gasteiger partial charge in [-0.3, -0.25) is 14.3 Å². The maximum Gasteiger partial charge on any atom is 0.251 e. The molecule has 5 rings (SSSR count). The topological polar surface area (TPSA) is 103 Å². The normalized spacial score (nSPS) is 18.7. The van der Waals surface area contributed by atoms with E-state index in [1.807, 2.05) is 31.4 Å². The molecule has 2 N–H and O–H groups in total. The fraction of sp³-hybridized carbons (Fsp3) is 0.357. The van der Waals surface area contributed by atoms with Gasteiger partial charge in [-0.05, 0) is 67.8 Å². The van der Waals surface area contributed by atoms with Gasteiger partial charge in [0.1, 0.15) is 11.9 Å². The van der Waals surface area contributed by atoms with Crippen LogP contribution < -0.4 is 10.6 Å². The van der Waals surface area contributed by atoms with Crippen molar-refractivity contribution in [2.45, 2.75) is 50.4 Å². The van der Waals surface area contributed by atoms with Crippen molar-refractivity contribution in [2.24, 2.45) is 7.05 Å². The van der Waals surface area contributed by atoms with Gasteiger partial charge in [-0.15, -0.1) is 0 Å². The maximum absolute atomic E-state index is 13.5. The van der Waals surface area contributed by atoms with Crippen LogP contribution in [0.5, 0.6) is 0 Å². The summed E-state index contributed by atoms with van der Waals surface area (Å²) >= 11 is 0. The molecular weight excluding hydrogens is 471 g/mol. The van der Waals surface area contributed by atoms with Gasteiger partial charge < -0.3 is 15.5 Å². The summed E-state index contributed by atoms with van der Waals surface area (Å²) in [6, 6.07) is 14.7. The molecule has 190 valence electrons. The average molecular weight is 501 g/mol. The fourth-order valence-corrected chi connectivity index (χ4v) is 4.96. The third kappa shape index (κ3) is 5.70. The molecule has 9 heteroatoms. The minimum atomic E-state index is -0.671. The zero-order chi connectivity index (χ0) is 25.9. The van der Waals surface area contributed by atoms with Gasteiger partial charge in [0.2, 0.25) is 5.91 Å². The number of aryl methyl sites for hydroxylation is 1. The van der Waals surface area contributed by atoms with Gasteiger partial charge in [0.05, 0.1) is 23.9 Å². The standard InChI is InChI=1S/C28H29FN6O2/c1-34-15-21-16-35(17-26(21)33-34)28(37)24(32-27(36)20-6-4-18(14-30)5-7-20)3-2-12-31-25-13-23(25)19-8-10-22(29)11-9-19/h4-11,15,23-25,31H,2-3,12-13,16-17H2,1H3,(H,32,36)/t23-,24-,25+/m0/s1. The Morgan fingerprint density at radius 2 is 1.92 bits per heavy atom. The molecular formula is C28H29FN6O2. The lowest BCUT2D eigenvalue weighted by Gasteiger charge is -2.24. The Kier molecular flexibility index (Phi) is 7.01. The molecule has 1 aliphatic heterocycles. The average Bonchev–Trinajstić information content (AvgIpc) is 3.44. The van der Waals surface area contributed by atoms with E-state index in [0.29, 0.717) is 55.6 Å². The molecule has 1 fully saturated rings. The second kappa shape index (κ2) is 10.5. The van der Waals surface area contributed by atoms with Crippen molar-refractivity contribution >= 4 is 11.8 Å². The Hall–Kier alpha value is -4.03. The van der Waals surface area contributed by atoms with E-state index in [9.17, 15) is 14.0 Å². The van der Waals surface area contributed by atoms with Gasteiger partial charge in [0.15, 0.2) is 0 Å². The van der Waals surface area contributed by atoms with Crippen molar-refractivity contribution in [1.82, 2.24) is 25.3 Å². The second-order valence-electron chi connectivity index (χ2n) is 9.78. The lowest BCUT2D eigenvalue weighted by Crippen LogP contribution is -2.47. The van der Waals surface area contributed by atoms with Crippen LogP contribution in [0.25, 0.3) is 0 Å². The number of nitriles is 1. The van der Waals surface area contributed by atoms with E-state index in [0.717, 1.165) is 23.2 Å². The summed E-state index contributed by atoms with van der Waals surface area (Å²) in [6.45, 7) is 1.62. The molecule has 2 aliphatic rings. The number of hydrogen-bond donors (Lipinski definition) is 2. The molecule has 3 aromatic rings. The van der Waals surface area contributed by atoms with Crippen molar-refractivity contribution in [1.29, 1.82) is 5.26 Å². The number of hydrogen-bond acceptors (Lipinski definition) is 5. The molecule has 1 saturated carbocycles. The second-order valence-corrected chi connectivity index (χ2v) is 9.78. The van der Waals surface area contributed by atoms with E-state index in [1.54, 1.807) is 33.8 Å². The number of carbonyl (C=O) groups is 2. The molecule has 3 atom stereocenters. The molecule has 0 bridgehead atoms. The lowest BCUT2D eigenvalue weighted by molar-refractivity contribution is -0.134. The third-order valence-corrected chi connectivity index (χ3v) is 7.05. The Morgan fingerprint density at radius 1 is 1.16 bits per heavy atom. The van der Waals surface area contributed by atoms with E-state index < -0.39 is 6.04 Å². The fourth-order valence-electron chi connectivity index (χ4n) is 4.96. The Morgan fingerprint density at radius 3 is 2.62 bits per heavy atom. The van der Waals surface area contributed by atoms with E-state index in [2.05, 4.69) is 15.7 Å². The summed E-state index contributed by atoms with van der Waals surface area (Å²) in [4.78, 5) is 28.1. The predicted octanol–water partition coefficient (Wildman–Crippen LogP) is 3.00. The Balaban J connectivity index is 1.18. The van der Waals surface area contributed by atoms with Gasteiger partial charge in [0.25, 0.3) is 5.91 Å². The van der Waals surface area contributed by atoms with Crippen LogP contribution in [-0.2, 0) is 24.9 Å². The van der Waals surface area contributed by atoms with Crippen LogP contribution in [0.1, 0.15) is 57.9 Å². The lowest BCUT2D eigenvalue weighted by atomic mass is 10.1. The quantitative estimate of drug-likeness (QED) is 0.440. The van der Waals surface area contributed by atoms with Crippen molar-refractivity contribution in [3.8, 4) is 6.07 Å². The number of aromatic nitrogens is 2. The van der Waals surface area contributed by atoms with Crippen molar-refractivity contribution < 1.29 is 14.0 Å². The number of nitrogens with one attached hydrogen (secondary N) is 2. The number of benzene rings is 2. The highest BCUT2D eigenvalue weighted by Crippen LogP contribution is 2.40. The summed E-state index contributed by atoms with van der Waals surface area (Å²) in [6.07, 6.45) is 4.12. The molecule has 2 heterocycles. The molecule has 0 unspecified atom stereocenters. The van der Waals surface area contributed by atoms with Gasteiger partial charge in [-0.2, -0.15) is 10.4 Å². The number of carbonyl (C=O) groups excluding carboxylic acids is 2. The van der Waals surface area contributed by atoms with Crippen LogP contribution in [0.2, 0.25) is 0 Å². The molecule has 0 radical (unpaired) electrons. The molecule has 2 aromatic carbocycles. The molecule has 37 heavy (non-hydrogen) atoms. The molecule has 2 amide bonds. The molecule has 0 spiro atoms. The molecule has 1 aromatic heterocycles. The summed E-state index contributed by atoms with van der Waals surface area (Å²) < 4.78 is 14.9. The van der Waals surface area contributed by atoms with Crippen molar-refractivity contribution in [3.05, 3.63) is 88.5 Å². The maximum atomic E-state index is 13.5. The smallest absolute Gasteiger partial charge is 0.251 e. The summed E-state index contributed by atoms with van der Waals surface area (Å²) in [7, 11) is 1.86. The number of rotatable bonds is 9. The van der Waals surface area contributed by atoms with Gasteiger partial charge >= 0.3 is 0 Å². The van der Waals surface area contributed by atoms with Gasteiger partial charge in [-0.1, -0.05) is 12.1 Å². The predicted molar refractivity (Wildman–Crippen MR) is 135 cm³/mol. The van der Waals surface area contributed by atoms with Crippen molar-refractivity contribution in [2.75, 3.05) is 6.54 Å². The molecule has 0 saturated heterocycles. The third-order valence-electron chi connectivity index (χ3n) is 7.05. The first-order valence-corrected chi connectivity index (χ1v) is 12.5. The first kappa shape index (κ1) is 24.7. The van der Waals surface area contributed by atoms with Crippen molar-refractivity contribution in [3.63, 3.8) is 0 Å². The summed E-state index contributed by atoms with van der Waals surface area (Å²) in [5.74, 6) is -0.321. The number of halogens is 1. The van der Waals surface area contributed by atoms with Crippen LogP contribution in [0.4, 0.5) is 4.39 Å². The van der Waals surface area contributed by atoms with Crippen LogP contribution in [0, 0.1) is 17.1 Å². The molecule has 8 nitrogen and oxygen atoms in total. The van der Waals surface area contributed by atoms with Crippen LogP contribution in [-0.4, -0.2) is 45.1 Å². The molecule has 1 aliphatic carbocycles. The largest absolute Gasteiger partial charge is 0.340 e. The minimum absolute atomic E-state index is 0.127. The number of nitrogens with zero attached hydrogens (tertiary/aromatic N) is 4. The van der Waals surface area contributed by atoms with E-state index in [-0.39, 0.29) is 17.6 Å². The van der Waals surface area contributed by atoms with Gasteiger partial charge in [0, 0.05) is 42.9 Å². The highest BCUT2D eigenvalue weighted by molar-refractivity contribution is 5.97. The zero-order valence-electron chi connectivity index (χ0n) is 20.7. The van der Waals surface area contributed by atoms with E-state index >= 15 is 0 Å².